The number of thiazole rings is 1. The van der Waals surface area contributed by atoms with Crippen molar-refractivity contribution >= 4 is 32.6 Å². The van der Waals surface area contributed by atoms with Crippen LogP contribution in [0.25, 0.3) is 10.2 Å². The molecule has 30 heavy (non-hydrogen) atoms. The van der Waals surface area contributed by atoms with Crippen molar-refractivity contribution < 1.29 is 14.3 Å². The summed E-state index contributed by atoms with van der Waals surface area (Å²) in [5.41, 5.74) is 4.34. The molecule has 0 unspecified atom stereocenters. The van der Waals surface area contributed by atoms with Gasteiger partial charge in [0.2, 0.25) is 5.91 Å². The first-order valence-electron chi connectivity index (χ1n) is 10.1. The van der Waals surface area contributed by atoms with Gasteiger partial charge in [-0.15, -0.1) is 0 Å². The van der Waals surface area contributed by atoms with Gasteiger partial charge in [-0.25, -0.2) is 4.98 Å². The molecule has 0 radical (unpaired) electrons. The Morgan fingerprint density at radius 2 is 1.73 bits per heavy atom. The molecule has 2 heterocycles. The third-order valence-corrected chi connectivity index (χ3v) is 6.77. The van der Waals surface area contributed by atoms with Crippen LogP contribution < -0.4 is 14.4 Å². The number of nitrogens with zero attached hydrogens (tertiary/aromatic N) is 3. The number of carbonyl (C=O) groups excluding carboxylic acids is 1. The summed E-state index contributed by atoms with van der Waals surface area (Å²) in [6.07, 6.45) is 0.460. The first-order valence-corrected chi connectivity index (χ1v) is 10.9. The fourth-order valence-electron chi connectivity index (χ4n) is 3.88. The second kappa shape index (κ2) is 8.52. The predicted molar refractivity (Wildman–Crippen MR) is 121 cm³/mol. The largest absolute Gasteiger partial charge is 0.495 e. The number of benzene rings is 2. The van der Waals surface area contributed by atoms with Gasteiger partial charge in [0, 0.05) is 26.2 Å². The number of methoxy groups -OCH3 is 2. The number of hydrogen-bond donors (Lipinski definition) is 0. The number of aromatic nitrogens is 1. The highest BCUT2D eigenvalue weighted by molar-refractivity contribution is 7.22. The zero-order valence-corrected chi connectivity index (χ0v) is 18.7. The van der Waals surface area contributed by atoms with Crippen LogP contribution in [0.3, 0.4) is 0 Å². The van der Waals surface area contributed by atoms with Gasteiger partial charge >= 0.3 is 0 Å². The van der Waals surface area contributed by atoms with E-state index in [0.717, 1.165) is 45.5 Å². The number of hydrogen-bond acceptors (Lipinski definition) is 6. The molecule has 0 bridgehead atoms. The van der Waals surface area contributed by atoms with Crippen molar-refractivity contribution in [2.75, 3.05) is 45.3 Å². The summed E-state index contributed by atoms with van der Waals surface area (Å²) < 4.78 is 11.9. The van der Waals surface area contributed by atoms with E-state index in [1.807, 2.05) is 17.0 Å². The normalized spacial score (nSPS) is 14.3. The van der Waals surface area contributed by atoms with E-state index in [1.165, 1.54) is 11.1 Å². The number of fused-ring (bicyclic) bond motifs is 1. The number of amides is 1. The number of rotatable bonds is 5. The van der Waals surface area contributed by atoms with E-state index < -0.39 is 0 Å². The van der Waals surface area contributed by atoms with Crippen molar-refractivity contribution in [2.45, 2.75) is 20.3 Å². The standard InChI is InChI=1S/C23H27N3O3S/c1-15-5-6-17(16(2)13-15)14-20(27)25-9-11-26(12-10-25)23-24-21-18(28-3)7-8-19(29-4)22(21)30-23/h5-8,13H,9-12,14H2,1-4H3. The lowest BCUT2D eigenvalue weighted by Gasteiger charge is -2.34. The molecule has 2 aromatic carbocycles. The molecular weight excluding hydrogens is 398 g/mol. The van der Waals surface area contributed by atoms with Gasteiger partial charge in [0.25, 0.3) is 0 Å². The molecule has 1 aliphatic rings. The Morgan fingerprint density at radius 3 is 2.40 bits per heavy atom. The number of aryl methyl sites for hydroxylation is 2. The van der Waals surface area contributed by atoms with Crippen molar-refractivity contribution in [1.29, 1.82) is 0 Å². The molecule has 1 amide bonds. The lowest BCUT2D eigenvalue weighted by molar-refractivity contribution is -0.130. The van der Waals surface area contributed by atoms with Crippen LogP contribution >= 0.6 is 11.3 Å². The second-order valence-corrected chi connectivity index (χ2v) is 8.60. The van der Waals surface area contributed by atoms with E-state index in [4.69, 9.17) is 14.5 Å². The Kier molecular flexibility index (Phi) is 5.81. The van der Waals surface area contributed by atoms with Crippen LogP contribution in [0.1, 0.15) is 16.7 Å². The summed E-state index contributed by atoms with van der Waals surface area (Å²) in [5, 5.41) is 0.939. The summed E-state index contributed by atoms with van der Waals surface area (Å²) >= 11 is 1.61. The highest BCUT2D eigenvalue weighted by atomic mass is 32.1. The molecule has 1 fully saturated rings. The molecule has 1 saturated heterocycles. The van der Waals surface area contributed by atoms with Gasteiger partial charge in [0.15, 0.2) is 5.13 Å². The van der Waals surface area contributed by atoms with Crippen molar-refractivity contribution in [2.24, 2.45) is 0 Å². The van der Waals surface area contributed by atoms with E-state index in [1.54, 1.807) is 25.6 Å². The lowest BCUT2D eigenvalue weighted by Crippen LogP contribution is -2.49. The maximum atomic E-state index is 12.8. The fourth-order valence-corrected chi connectivity index (χ4v) is 5.00. The SMILES string of the molecule is COc1ccc(OC)c2sc(N3CCN(C(=O)Cc4ccc(C)cc4C)CC3)nc12. The molecule has 0 aliphatic carbocycles. The number of piperazine rings is 1. The minimum absolute atomic E-state index is 0.189. The lowest BCUT2D eigenvalue weighted by atomic mass is 10.0. The molecule has 1 aliphatic heterocycles. The van der Waals surface area contributed by atoms with Gasteiger partial charge < -0.3 is 19.3 Å². The molecule has 3 aromatic rings. The predicted octanol–water partition coefficient (Wildman–Crippen LogP) is 3.82. The van der Waals surface area contributed by atoms with Crippen LogP contribution in [0, 0.1) is 13.8 Å². The minimum atomic E-state index is 0.189. The van der Waals surface area contributed by atoms with Crippen LogP contribution in [0.4, 0.5) is 5.13 Å². The summed E-state index contributed by atoms with van der Waals surface area (Å²) in [6.45, 7) is 7.09. The van der Waals surface area contributed by atoms with Gasteiger partial charge in [-0.1, -0.05) is 35.1 Å². The van der Waals surface area contributed by atoms with E-state index in [9.17, 15) is 4.79 Å². The summed E-state index contributed by atoms with van der Waals surface area (Å²) in [7, 11) is 3.32. The Bertz CT molecular complexity index is 1030. The maximum absolute atomic E-state index is 12.8. The van der Waals surface area contributed by atoms with E-state index in [-0.39, 0.29) is 5.91 Å². The monoisotopic (exact) mass is 425 g/mol. The average Bonchev–Trinajstić information content (AvgIpc) is 3.20. The van der Waals surface area contributed by atoms with Gasteiger partial charge in [0.05, 0.1) is 20.6 Å². The van der Waals surface area contributed by atoms with Gasteiger partial charge in [-0.2, -0.15) is 0 Å². The van der Waals surface area contributed by atoms with Crippen LogP contribution in [-0.4, -0.2) is 56.2 Å². The van der Waals surface area contributed by atoms with Gasteiger partial charge in [-0.05, 0) is 37.1 Å². The van der Waals surface area contributed by atoms with Crippen LogP contribution in [0.2, 0.25) is 0 Å². The molecular formula is C23H27N3O3S. The Morgan fingerprint density at radius 1 is 1.03 bits per heavy atom. The quantitative estimate of drug-likeness (QED) is 0.622. The first kappa shape index (κ1) is 20.5. The molecule has 1 aromatic heterocycles. The van der Waals surface area contributed by atoms with Crippen molar-refractivity contribution in [1.82, 2.24) is 9.88 Å². The Labute approximate surface area is 181 Å². The highest BCUT2D eigenvalue weighted by Crippen LogP contribution is 2.40. The van der Waals surface area contributed by atoms with Crippen LogP contribution in [-0.2, 0) is 11.2 Å². The Balaban J connectivity index is 1.45. The summed E-state index contributed by atoms with van der Waals surface area (Å²) in [6, 6.07) is 10.1. The van der Waals surface area contributed by atoms with E-state index in [2.05, 4.69) is 36.9 Å². The Hall–Kier alpha value is -2.80. The summed E-state index contributed by atoms with van der Waals surface area (Å²) in [5.74, 6) is 1.74. The van der Waals surface area contributed by atoms with Crippen molar-refractivity contribution in [3.8, 4) is 11.5 Å². The minimum Gasteiger partial charge on any atom is -0.495 e. The molecule has 158 valence electrons. The van der Waals surface area contributed by atoms with Gasteiger partial charge in [-0.3, -0.25) is 4.79 Å². The zero-order valence-electron chi connectivity index (χ0n) is 17.9. The van der Waals surface area contributed by atoms with Crippen LogP contribution in [0.5, 0.6) is 11.5 Å². The molecule has 0 saturated carbocycles. The second-order valence-electron chi connectivity index (χ2n) is 7.62. The fraction of sp³-hybridized carbons (Fsp3) is 0.391. The molecule has 6 nitrogen and oxygen atoms in total. The third kappa shape index (κ3) is 3.94. The first-order chi connectivity index (χ1) is 14.5. The summed E-state index contributed by atoms with van der Waals surface area (Å²) in [4.78, 5) is 21.8. The highest BCUT2D eigenvalue weighted by Gasteiger charge is 2.24. The van der Waals surface area contributed by atoms with E-state index in [0.29, 0.717) is 19.5 Å². The zero-order chi connectivity index (χ0) is 21.3. The maximum Gasteiger partial charge on any atom is 0.227 e. The smallest absolute Gasteiger partial charge is 0.227 e. The number of anilines is 1. The molecule has 0 spiro atoms. The third-order valence-electron chi connectivity index (χ3n) is 5.64. The van der Waals surface area contributed by atoms with Crippen molar-refractivity contribution in [3.05, 3.63) is 47.0 Å². The van der Waals surface area contributed by atoms with E-state index >= 15 is 0 Å². The number of carbonyl (C=O) groups is 1. The van der Waals surface area contributed by atoms with Crippen LogP contribution in [0.15, 0.2) is 30.3 Å². The topological polar surface area (TPSA) is 54.9 Å². The average molecular weight is 426 g/mol. The molecule has 0 N–H and O–H groups in total. The van der Waals surface area contributed by atoms with Crippen molar-refractivity contribution in [3.63, 3.8) is 0 Å². The molecule has 0 atom stereocenters. The van der Waals surface area contributed by atoms with Gasteiger partial charge in [0.1, 0.15) is 21.7 Å². The number of ether oxygens (including phenoxy) is 2. The molecule has 4 rings (SSSR count). The molecule has 7 heteroatoms.